The van der Waals surface area contributed by atoms with E-state index in [0.29, 0.717) is 47.0 Å². The van der Waals surface area contributed by atoms with Crippen LogP contribution in [0.2, 0.25) is 0 Å². The van der Waals surface area contributed by atoms with Gasteiger partial charge >= 0.3 is 11.3 Å². The molecule has 1 atom stereocenters. The minimum Gasteiger partial charge on any atom is -0.508 e. The van der Waals surface area contributed by atoms with Crippen LogP contribution in [-0.4, -0.2) is 73.1 Å². The number of amides is 1. The Balaban J connectivity index is 0.000000200. The Morgan fingerprint density at radius 1 is 1.16 bits per heavy atom. The summed E-state index contributed by atoms with van der Waals surface area (Å²) in [6, 6.07) is 7.65. The van der Waals surface area contributed by atoms with Crippen molar-refractivity contribution in [3.05, 3.63) is 69.5 Å². The lowest BCUT2D eigenvalue weighted by molar-refractivity contribution is -0.172. The Morgan fingerprint density at radius 2 is 1.89 bits per heavy atom. The number of carbonyl (C=O) groups excluding carboxylic acids is 2. The number of pyridine rings is 2. The number of carbonyl (C=O) groups is 2. The average Bonchev–Trinajstić information content (AvgIpc) is 3.42. The highest BCUT2D eigenvalue weighted by molar-refractivity contribution is 6.62. The van der Waals surface area contributed by atoms with Crippen LogP contribution in [0.5, 0.6) is 5.75 Å². The van der Waals surface area contributed by atoms with E-state index in [4.69, 9.17) is 21.3 Å². The maximum Gasteiger partial charge on any atom is 0.343 e. The number of phenols is 1. The lowest BCUT2D eigenvalue weighted by Crippen LogP contribution is -2.47. The number of nitrogens with zero attached hydrogens (tertiary/aromatic N) is 4. The Labute approximate surface area is 266 Å². The zero-order valence-electron chi connectivity index (χ0n) is 25.6. The number of aromatic nitrogens is 2. The van der Waals surface area contributed by atoms with Crippen LogP contribution in [0.25, 0.3) is 22.3 Å². The topological polar surface area (TPSA) is 125 Å². The number of allylic oxidation sites excluding steroid dienone is 1. The smallest absolute Gasteiger partial charge is 0.343 e. The summed E-state index contributed by atoms with van der Waals surface area (Å²) in [4.78, 5) is 45.5. The molecule has 7 rings (SSSR count). The van der Waals surface area contributed by atoms with Crippen LogP contribution in [0.1, 0.15) is 67.7 Å². The zero-order valence-corrected chi connectivity index (χ0v) is 26.3. The standard InChI is InChI=1S/C23H20N2O5.C11H19ClN2O/c1-3-5-13-14-8-12-10-25-18(20(12)24-17(14)6-7-19(13)26)9-16-15(21(25)27)11-30-22(28)23(16,29)4-2;12-11(15)14-8-4-10(5-9-14)13-6-2-1-3-7-13/h3,6-9,26,29H,1,4-5,10-11H2,2H3;10H,1-9H2/t23-;/m0./s1. The van der Waals surface area contributed by atoms with Gasteiger partial charge in [-0.3, -0.25) is 9.59 Å². The molecular formula is C34H39ClN4O6. The predicted molar refractivity (Wildman–Crippen MR) is 171 cm³/mol. The molecule has 1 aromatic carbocycles. The highest BCUT2D eigenvalue weighted by Crippen LogP contribution is 2.39. The summed E-state index contributed by atoms with van der Waals surface area (Å²) < 4.78 is 6.69. The summed E-state index contributed by atoms with van der Waals surface area (Å²) in [5.74, 6) is -0.563. The normalized spacial score (nSPS) is 21.3. The molecule has 0 unspecified atom stereocenters. The van der Waals surface area contributed by atoms with Gasteiger partial charge in [0, 0.05) is 41.2 Å². The van der Waals surface area contributed by atoms with Crippen molar-refractivity contribution in [1.29, 1.82) is 0 Å². The van der Waals surface area contributed by atoms with Crippen molar-refractivity contribution in [3.63, 3.8) is 0 Å². The molecule has 45 heavy (non-hydrogen) atoms. The van der Waals surface area contributed by atoms with Crippen LogP contribution in [-0.2, 0) is 34.7 Å². The van der Waals surface area contributed by atoms with Crippen LogP contribution in [0.3, 0.4) is 0 Å². The summed E-state index contributed by atoms with van der Waals surface area (Å²) in [7, 11) is 0. The highest BCUT2D eigenvalue weighted by atomic mass is 35.5. The minimum absolute atomic E-state index is 0.101. The number of aliphatic hydroxyl groups is 1. The molecule has 3 aromatic rings. The number of fused-ring (bicyclic) bond motifs is 5. The van der Waals surface area contributed by atoms with E-state index in [2.05, 4.69) is 11.5 Å². The van der Waals surface area contributed by atoms with Gasteiger partial charge in [-0.2, -0.15) is 0 Å². The van der Waals surface area contributed by atoms with Crippen LogP contribution in [0, 0.1) is 0 Å². The third-order valence-electron chi connectivity index (χ3n) is 9.75. The molecule has 0 saturated carbocycles. The third kappa shape index (κ3) is 5.64. The molecule has 2 N–H and O–H groups in total. The molecule has 2 fully saturated rings. The Bertz CT molecular complexity index is 1720. The molecule has 0 spiro atoms. The number of phenolic OH excluding ortho intramolecular Hbond substituents is 1. The predicted octanol–water partition coefficient (Wildman–Crippen LogP) is 4.81. The van der Waals surface area contributed by atoms with Gasteiger partial charge in [0.2, 0.25) is 0 Å². The second kappa shape index (κ2) is 12.6. The van der Waals surface area contributed by atoms with E-state index in [0.717, 1.165) is 42.4 Å². The fraction of sp³-hybridized carbons (Fsp3) is 0.471. The largest absolute Gasteiger partial charge is 0.508 e. The first-order valence-corrected chi connectivity index (χ1v) is 16.1. The van der Waals surface area contributed by atoms with E-state index >= 15 is 0 Å². The van der Waals surface area contributed by atoms with E-state index < -0.39 is 11.6 Å². The molecule has 1 amide bonds. The van der Waals surface area contributed by atoms with Gasteiger partial charge in [0.1, 0.15) is 12.4 Å². The number of hydrogen-bond acceptors (Lipinski definition) is 8. The van der Waals surface area contributed by atoms with Gasteiger partial charge in [0.25, 0.3) is 5.56 Å². The van der Waals surface area contributed by atoms with Crippen LogP contribution in [0.15, 0.2) is 41.7 Å². The maximum absolute atomic E-state index is 13.2. The molecule has 0 radical (unpaired) electrons. The molecule has 0 aliphatic carbocycles. The first-order chi connectivity index (χ1) is 21.7. The van der Waals surface area contributed by atoms with Crippen LogP contribution in [0.4, 0.5) is 4.79 Å². The number of cyclic esters (lactones) is 1. The number of esters is 1. The number of aromatic hydroxyl groups is 1. The molecule has 4 aliphatic heterocycles. The quantitative estimate of drug-likeness (QED) is 0.142. The van der Waals surface area contributed by atoms with Gasteiger partial charge in [0.15, 0.2) is 5.60 Å². The van der Waals surface area contributed by atoms with Gasteiger partial charge in [-0.25, -0.2) is 9.78 Å². The van der Waals surface area contributed by atoms with Gasteiger partial charge in [-0.05, 0) is 87.5 Å². The van der Waals surface area contributed by atoms with Crippen LogP contribution < -0.4 is 5.56 Å². The second-order valence-electron chi connectivity index (χ2n) is 12.3. The molecule has 238 valence electrons. The molecule has 4 aliphatic rings. The first kappa shape index (κ1) is 31.3. The van der Waals surface area contributed by atoms with Crippen molar-refractivity contribution in [2.75, 3.05) is 26.2 Å². The fourth-order valence-corrected chi connectivity index (χ4v) is 7.32. The summed E-state index contributed by atoms with van der Waals surface area (Å²) in [6.45, 7) is 9.77. The number of piperidine rings is 2. The Kier molecular flexibility index (Phi) is 8.74. The maximum atomic E-state index is 13.2. The number of halogens is 1. The van der Waals surface area contributed by atoms with E-state index in [1.54, 1.807) is 40.7 Å². The number of likely N-dealkylation sites (tertiary alicyclic amines) is 2. The lowest BCUT2D eigenvalue weighted by atomic mass is 9.86. The van der Waals surface area contributed by atoms with Crippen molar-refractivity contribution in [2.45, 2.75) is 76.7 Å². The van der Waals surface area contributed by atoms with Crippen molar-refractivity contribution in [3.8, 4) is 17.1 Å². The van der Waals surface area contributed by atoms with Crippen molar-refractivity contribution in [2.24, 2.45) is 0 Å². The van der Waals surface area contributed by atoms with Crippen molar-refractivity contribution < 1.29 is 24.5 Å². The highest BCUT2D eigenvalue weighted by Gasteiger charge is 2.45. The van der Waals surface area contributed by atoms with Gasteiger partial charge in [0.05, 0.1) is 29.0 Å². The Morgan fingerprint density at radius 3 is 2.56 bits per heavy atom. The lowest BCUT2D eigenvalue weighted by Gasteiger charge is -2.39. The van der Waals surface area contributed by atoms with Gasteiger partial charge < -0.3 is 29.3 Å². The summed E-state index contributed by atoms with van der Waals surface area (Å²) in [5, 5.41) is 21.7. The fourth-order valence-electron chi connectivity index (χ4n) is 7.15. The number of rotatable bonds is 4. The molecule has 2 aromatic heterocycles. The SMILES string of the molecule is C=CCc1c(O)ccc2nc3c(cc12)Cn1c-3cc2c(c1=O)COC(=O)[C@]2(O)CC.O=C(Cl)N1CCC(N2CCCCC2)CC1. The van der Waals surface area contributed by atoms with Crippen molar-refractivity contribution in [1.82, 2.24) is 19.4 Å². The van der Waals surface area contributed by atoms with E-state index in [-0.39, 0.29) is 29.7 Å². The average molecular weight is 635 g/mol. The van der Waals surface area contributed by atoms with E-state index in [1.807, 2.05) is 6.07 Å². The van der Waals surface area contributed by atoms with E-state index in [1.165, 1.54) is 32.4 Å². The summed E-state index contributed by atoms with van der Waals surface area (Å²) in [6.07, 6.45) is 8.57. The number of ether oxygens (including phenoxy) is 1. The molecule has 2 saturated heterocycles. The number of benzene rings is 1. The summed E-state index contributed by atoms with van der Waals surface area (Å²) in [5.41, 5.74) is 1.92. The third-order valence-corrected chi connectivity index (χ3v) is 9.99. The molecular weight excluding hydrogens is 596 g/mol. The summed E-state index contributed by atoms with van der Waals surface area (Å²) >= 11 is 5.46. The monoisotopic (exact) mass is 634 g/mol. The van der Waals surface area contributed by atoms with E-state index in [9.17, 15) is 24.6 Å². The molecule has 11 heteroatoms. The zero-order chi connectivity index (χ0) is 31.9. The van der Waals surface area contributed by atoms with Gasteiger partial charge in [-0.15, -0.1) is 6.58 Å². The van der Waals surface area contributed by atoms with Gasteiger partial charge in [-0.1, -0.05) is 19.4 Å². The molecule has 10 nitrogen and oxygen atoms in total. The van der Waals surface area contributed by atoms with Crippen LogP contribution >= 0.6 is 11.6 Å². The molecule has 6 heterocycles. The number of hydrogen-bond donors (Lipinski definition) is 2. The Hall–Kier alpha value is -3.73. The second-order valence-corrected chi connectivity index (χ2v) is 12.6. The molecule has 0 bridgehead atoms. The first-order valence-electron chi connectivity index (χ1n) is 15.8. The van der Waals surface area contributed by atoms with Crippen molar-refractivity contribution >= 4 is 33.8 Å². The minimum atomic E-state index is -1.84.